The van der Waals surface area contributed by atoms with Gasteiger partial charge >= 0.3 is 0 Å². The second-order valence-electron chi connectivity index (χ2n) is 3.69. The van der Waals surface area contributed by atoms with E-state index in [0.717, 1.165) is 0 Å². The number of rotatable bonds is 1. The standard InChI is InChI=1S/C12H12IN/c1-8(2)12-10-6-4-3-5-9(10)11(13)7-14-12/h3-8H,1-2H3. The van der Waals surface area contributed by atoms with Crippen molar-refractivity contribution in [3.63, 3.8) is 0 Å². The lowest BCUT2D eigenvalue weighted by Crippen LogP contribution is -1.95. The van der Waals surface area contributed by atoms with Crippen LogP contribution in [0.4, 0.5) is 0 Å². The van der Waals surface area contributed by atoms with Crippen LogP contribution >= 0.6 is 22.6 Å². The molecule has 2 rings (SSSR count). The molecule has 1 aromatic heterocycles. The van der Waals surface area contributed by atoms with Gasteiger partial charge in [0.25, 0.3) is 0 Å². The monoisotopic (exact) mass is 297 g/mol. The topological polar surface area (TPSA) is 12.9 Å². The Morgan fingerprint density at radius 3 is 2.43 bits per heavy atom. The fourth-order valence-electron chi connectivity index (χ4n) is 1.64. The van der Waals surface area contributed by atoms with Gasteiger partial charge in [-0.05, 0) is 33.9 Å². The highest BCUT2D eigenvalue weighted by molar-refractivity contribution is 14.1. The lowest BCUT2D eigenvalue weighted by Gasteiger charge is -2.09. The zero-order valence-corrected chi connectivity index (χ0v) is 10.4. The Labute approximate surface area is 97.7 Å². The number of hydrogen-bond donors (Lipinski definition) is 0. The van der Waals surface area contributed by atoms with Gasteiger partial charge < -0.3 is 0 Å². The number of nitrogens with zero attached hydrogens (tertiary/aromatic N) is 1. The third-order valence-electron chi connectivity index (χ3n) is 2.32. The van der Waals surface area contributed by atoms with Crippen LogP contribution in [0.15, 0.2) is 30.5 Å². The predicted molar refractivity (Wildman–Crippen MR) is 68.5 cm³/mol. The van der Waals surface area contributed by atoms with Crippen molar-refractivity contribution in [2.24, 2.45) is 0 Å². The first-order valence-corrected chi connectivity index (χ1v) is 5.81. The molecule has 1 aromatic carbocycles. The normalized spacial score (nSPS) is 11.1. The minimum Gasteiger partial charge on any atom is -0.259 e. The van der Waals surface area contributed by atoms with E-state index in [1.807, 2.05) is 6.20 Å². The number of benzene rings is 1. The zero-order chi connectivity index (χ0) is 10.1. The van der Waals surface area contributed by atoms with Gasteiger partial charge in [0, 0.05) is 15.2 Å². The van der Waals surface area contributed by atoms with Gasteiger partial charge in [-0.3, -0.25) is 4.98 Å². The Bertz CT molecular complexity index is 463. The van der Waals surface area contributed by atoms with E-state index in [1.165, 1.54) is 20.0 Å². The summed E-state index contributed by atoms with van der Waals surface area (Å²) in [5.74, 6) is 0.483. The fraction of sp³-hybridized carbons (Fsp3) is 0.250. The molecule has 0 fully saturated rings. The Morgan fingerprint density at radius 1 is 1.14 bits per heavy atom. The van der Waals surface area contributed by atoms with Crippen LogP contribution in [0.2, 0.25) is 0 Å². The van der Waals surface area contributed by atoms with Crippen molar-refractivity contribution >= 4 is 33.4 Å². The Hall–Kier alpha value is -0.640. The largest absolute Gasteiger partial charge is 0.259 e. The predicted octanol–water partition coefficient (Wildman–Crippen LogP) is 3.96. The summed E-state index contributed by atoms with van der Waals surface area (Å²) in [5, 5.41) is 2.60. The first-order valence-electron chi connectivity index (χ1n) is 4.73. The summed E-state index contributed by atoms with van der Waals surface area (Å²) in [7, 11) is 0. The Balaban J connectivity index is 2.82. The van der Waals surface area contributed by atoms with Gasteiger partial charge in [-0.15, -0.1) is 0 Å². The second kappa shape index (κ2) is 3.85. The summed E-state index contributed by atoms with van der Waals surface area (Å²) < 4.78 is 1.22. The molecule has 1 nitrogen and oxygen atoms in total. The molecule has 0 radical (unpaired) electrons. The molecule has 0 aliphatic heterocycles. The summed E-state index contributed by atoms with van der Waals surface area (Å²) >= 11 is 2.34. The van der Waals surface area contributed by atoms with Crippen molar-refractivity contribution in [2.75, 3.05) is 0 Å². The molecule has 1 heterocycles. The van der Waals surface area contributed by atoms with Crippen LogP contribution in [0.3, 0.4) is 0 Å². The second-order valence-corrected chi connectivity index (χ2v) is 4.85. The van der Waals surface area contributed by atoms with Crippen LogP contribution in [-0.2, 0) is 0 Å². The van der Waals surface area contributed by atoms with E-state index in [2.05, 4.69) is 65.7 Å². The van der Waals surface area contributed by atoms with Crippen molar-refractivity contribution in [1.29, 1.82) is 0 Å². The third kappa shape index (κ3) is 1.63. The number of aromatic nitrogens is 1. The van der Waals surface area contributed by atoms with Gasteiger partial charge in [-0.2, -0.15) is 0 Å². The lowest BCUT2D eigenvalue weighted by molar-refractivity contribution is 0.834. The quantitative estimate of drug-likeness (QED) is 0.726. The summed E-state index contributed by atoms with van der Waals surface area (Å²) in [6.45, 7) is 4.36. The summed E-state index contributed by atoms with van der Waals surface area (Å²) in [5.41, 5.74) is 1.20. The molecule has 0 saturated heterocycles. The summed E-state index contributed by atoms with van der Waals surface area (Å²) in [6, 6.07) is 8.46. The van der Waals surface area contributed by atoms with Crippen molar-refractivity contribution in [1.82, 2.24) is 4.98 Å². The van der Waals surface area contributed by atoms with E-state index in [-0.39, 0.29) is 0 Å². The molecule has 0 saturated carbocycles. The molecule has 0 aliphatic rings. The average molecular weight is 297 g/mol. The molecule has 0 aliphatic carbocycles. The van der Waals surface area contributed by atoms with Crippen LogP contribution < -0.4 is 0 Å². The van der Waals surface area contributed by atoms with E-state index < -0.39 is 0 Å². The van der Waals surface area contributed by atoms with Crippen LogP contribution in [0.1, 0.15) is 25.5 Å². The van der Waals surface area contributed by atoms with E-state index in [4.69, 9.17) is 0 Å². The number of hydrogen-bond acceptors (Lipinski definition) is 1. The smallest absolute Gasteiger partial charge is 0.0508 e. The SMILES string of the molecule is CC(C)c1ncc(I)c2ccccc12. The van der Waals surface area contributed by atoms with Crippen LogP contribution in [-0.4, -0.2) is 4.98 Å². The van der Waals surface area contributed by atoms with E-state index in [0.29, 0.717) is 5.92 Å². The molecule has 0 spiro atoms. The number of halogens is 1. The van der Waals surface area contributed by atoms with Gasteiger partial charge in [0.2, 0.25) is 0 Å². The molecule has 0 N–H and O–H groups in total. The zero-order valence-electron chi connectivity index (χ0n) is 8.29. The molecule has 2 aromatic rings. The first-order chi connectivity index (χ1) is 6.70. The maximum absolute atomic E-state index is 4.50. The fourth-order valence-corrected chi connectivity index (χ4v) is 2.25. The Kier molecular flexibility index (Phi) is 2.72. The molecule has 0 amide bonds. The highest BCUT2D eigenvalue weighted by atomic mass is 127. The van der Waals surface area contributed by atoms with Crippen molar-refractivity contribution in [3.05, 3.63) is 39.7 Å². The maximum atomic E-state index is 4.50. The van der Waals surface area contributed by atoms with Gasteiger partial charge in [0.15, 0.2) is 0 Å². The molecular weight excluding hydrogens is 285 g/mol. The van der Waals surface area contributed by atoms with Gasteiger partial charge in [0.05, 0.1) is 5.69 Å². The lowest BCUT2D eigenvalue weighted by atomic mass is 10.0. The van der Waals surface area contributed by atoms with E-state index >= 15 is 0 Å². The Morgan fingerprint density at radius 2 is 1.79 bits per heavy atom. The van der Waals surface area contributed by atoms with Gasteiger partial charge in [-0.25, -0.2) is 0 Å². The first kappa shape index (κ1) is 9.90. The van der Waals surface area contributed by atoms with Crippen LogP contribution in [0, 0.1) is 3.57 Å². The van der Waals surface area contributed by atoms with E-state index in [1.54, 1.807) is 0 Å². The van der Waals surface area contributed by atoms with Crippen LogP contribution in [0.25, 0.3) is 10.8 Å². The minimum atomic E-state index is 0.483. The van der Waals surface area contributed by atoms with Gasteiger partial charge in [0.1, 0.15) is 0 Å². The third-order valence-corrected chi connectivity index (χ3v) is 3.18. The van der Waals surface area contributed by atoms with Crippen molar-refractivity contribution in [2.45, 2.75) is 19.8 Å². The van der Waals surface area contributed by atoms with E-state index in [9.17, 15) is 0 Å². The number of fused-ring (bicyclic) bond motifs is 1. The van der Waals surface area contributed by atoms with Crippen molar-refractivity contribution in [3.8, 4) is 0 Å². The molecule has 0 unspecified atom stereocenters. The van der Waals surface area contributed by atoms with Crippen LogP contribution in [0.5, 0.6) is 0 Å². The highest BCUT2D eigenvalue weighted by Gasteiger charge is 2.07. The average Bonchev–Trinajstić information content (AvgIpc) is 2.18. The molecular formula is C12H12IN. The molecule has 72 valence electrons. The molecule has 14 heavy (non-hydrogen) atoms. The molecule has 2 heteroatoms. The maximum Gasteiger partial charge on any atom is 0.0508 e. The summed E-state index contributed by atoms with van der Waals surface area (Å²) in [6.07, 6.45) is 1.96. The van der Waals surface area contributed by atoms with Gasteiger partial charge in [-0.1, -0.05) is 38.1 Å². The molecule has 0 atom stereocenters. The molecule has 0 bridgehead atoms. The number of pyridine rings is 1. The van der Waals surface area contributed by atoms with Crippen molar-refractivity contribution < 1.29 is 0 Å². The highest BCUT2D eigenvalue weighted by Crippen LogP contribution is 2.26. The summed E-state index contributed by atoms with van der Waals surface area (Å²) in [4.78, 5) is 4.50. The minimum absolute atomic E-state index is 0.483.